The summed E-state index contributed by atoms with van der Waals surface area (Å²) in [5.41, 5.74) is 7.96. The molecule has 1 aliphatic heterocycles. The molecule has 1 unspecified atom stereocenters. The fraction of sp³-hybridized carbons (Fsp3) is 0.286. The van der Waals surface area contributed by atoms with Crippen molar-refractivity contribution in [2.24, 2.45) is 0 Å². The molecule has 5 N–H and O–H groups in total. The van der Waals surface area contributed by atoms with Crippen LogP contribution >= 0.6 is 0 Å². The van der Waals surface area contributed by atoms with Gasteiger partial charge in [0.05, 0.1) is 41.6 Å². The van der Waals surface area contributed by atoms with Crippen LogP contribution in [0.3, 0.4) is 0 Å². The number of rotatable bonds is 8. The maximum atomic E-state index is 14.5. The summed E-state index contributed by atoms with van der Waals surface area (Å²) in [5.74, 6) is -2.72. The fourth-order valence-corrected chi connectivity index (χ4v) is 5.82. The summed E-state index contributed by atoms with van der Waals surface area (Å²) in [5, 5.41) is 25.0. The Labute approximate surface area is 289 Å². The van der Waals surface area contributed by atoms with E-state index in [9.17, 15) is 27.5 Å². The number of nitrogens with one attached hydrogen (secondary N) is 1. The first-order valence-corrected chi connectivity index (χ1v) is 15.8. The van der Waals surface area contributed by atoms with E-state index in [0.29, 0.717) is 28.4 Å². The van der Waals surface area contributed by atoms with Crippen LogP contribution in [0.2, 0.25) is 0 Å². The number of halogens is 4. The molecule has 6 rings (SSSR count). The second-order valence-electron chi connectivity index (χ2n) is 11.8. The summed E-state index contributed by atoms with van der Waals surface area (Å²) in [6.07, 6.45) is -0.200. The van der Waals surface area contributed by atoms with E-state index in [2.05, 4.69) is 20.2 Å². The van der Waals surface area contributed by atoms with Gasteiger partial charge in [-0.25, -0.2) is 19.0 Å². The fourth-order valence-electron chi connectivity index (χ4n) is 5.82. The summed E-state index contributed by atoms with van der Waals surface area (Å²) in [6, 6.07) is 14.5. The molecule has 12 nitrogen and oxygen atoms in total. The average molecular weight is 710 g/mol. The first-order valence-electron chi connectivity index (χ1n) is 15.8. The van der Waals surface area contributed by atoms with E-state index in [1.165, 1.54) is 19.5 Å². The number of anilines is 2. The maximum absolute atomic E-state index is 14.5. The Hall–Kier alpha value is -5.61. The molecule has 0 aliphatic carbocycles. The highest BCUT2D eigenvalue weighted by Crippen LogP contribution is 2.37. The van der Waals surface area contributed by atoms with E-state index in [1.54, 1.807) is 16.8 Å². The minimum atomic E-state index is -4.75. The van der Waals surface area contributed by atoms with Crippen LogP contribution in [0.5, 0.6) is 5.75 Å². The molecule has 1 amide bonds. The molecule has 51 heavy (non-hydrogen) atoms. The van der Waals surface area contributed by atoms with Crippen molar-refractivity contribution in [3.05, 3.63) is 89.5 Å². The molecule has 5 aromatic rings. The lowest BCUT2D eigenvalue weighted by Crippen LogP contribution is -2.41. The number of nitrogens with two attached hydrogens (primary N) is 1. The van der Waals surface area contributed by atoms with Crippen molar-refractivity contribution in [1.82, 2.24) is 24.6 Å². The molecular formula is C35H35F4N7O5. The van der Waals surface area contributed by atoms with Crippen LogP contribution in [0.4, 0.5) is 29.1 Å². The molecule has 3 aromatic carbocycles. The Balaban J connectivity index is 0.00000120. The third-order valence-electron chi connectivity index (χ3n) is 8.28. The highest BCUT2D eigenvalue weighted by Gasteiger charge is 2.32. The maximum Gasteiger partial charge on any atom is 0.416 e. The third kappa shape index (κ3) is 8.41. The van der Waals surface area contributed by atoms with Gasteiger partial charge >= 0.3 is 6.18 Å². The van der Waals surface area contributed by atoms with Crippen LogP contribution in [0.25, 0.3) is 28.0 Å². The smallest absolute Gasteiger partial charge is 0.416 e. The monoisotopic (exact) mass is 709 g/mol. The molecule has 268 valence electrons. The van der Waals surface area contributed by atoms with Gasteiger partial charge in [0, 0.05) is 25.1 Å². The van der Waals surface area contributed by atoms with Crippen LogP contribution < -0.4 is 15.8 Å². The summed E-state index contributed by atoms with van der Waals surface area (Å²) in [4.78, 5) is 32.7. The number of hydrogen-bond donors (Lipinski definition) is 4. The number of carboxylic acid groups (broad SMARTS) is 1. The van der Waals surface area contributed by atoms with E-state index >= 15 is 0 Å². The zero-order valence-electron chi connectivity index (χ0n) is 27.6. The van der Waals surface area contributed by atoms with Crippen LogP contribution in [0.1, 0.15) is 47.7 Å². The minimum Gasteiger partial charge on any atom is -0.495 e. The average Bonchev–Trinajstić information content (AvgIpc) is 3.49. The van der Waals surface area contributed by atoms with Crippen molar-refractivity contribution in [3.63, 3.8) is 0 Å². The van der Waals surface area contributed by atoms with Crippen LogP contribution in [0.15, 0.2) is 67.0 Å². The lowest BCUT2D eigenvalue weighted by molar-refractivity contribution is -0.138. The number of fused-ring (bicyclic) bond motifs is 1. The highest BCUT2D eigenvalue weighted by atomic mass is 19.4. The van der Waals surface area contributed by atoms with Crippen LogP contribution in [-0.2, 0) is 17.5 Å². The number of likely N-dealkylation sites (tertiary alicyclic amines) is 1. The lowest BCUT2D eigenvalue weighted by Gasteiger charge is -2.34. The largest absolute Gasteiger partial charge is 0.495 e. The summed E-state index contributed by atoms with van der Waals surface area (Å²) >= 11 is 0. The Morgan fingerprint density at radius 2 is 1.78 bits per heavy atom. The second-order valence-corrected chi connectivity index (χ2v) is 11.8. The predicted molar refractivity (Wildman–Crippen MR) is 181 cm³/mol. The number of carbonyl (C=O) groups is 2. The van der Waals surface area contributed by atoms with E-state index in [4.69, 9.17) is 25.5 Å². The van der Waals surface area contributed by atoms with Gasteiger partial charge in [-0.05, 0) is 67.4 Å². The SMILES string of the molecule is CC(=O)O.COc1cc(-c2nn(-c3ccc(CN4CCCCC4CO)cc3)c3ncnc(N)c23)ccc1NC(=O)c1ccc(C(F)(F)F)cc1F. The van der Waals surface area contributed by atoms with Gasteiger partial charge in [-0.1, -0.05) is 24.6 Å². The van der Waals surface area contributed by atoms with Gasteiger partial charge in [-0.15, -0.1) is 0 Å². The Kier molecular flexibility index (Phi) is 11.2. The van der Waals surface area contributed by atoms with Crippen molar-refractivity contribution < 1.29 is 42.1 Å². The Morgan fingerprint density at radius 3 is 2.43 bits per heavy atom. The van der Waals surface area contributed by atoms with Gasteiger partial charge in [0.25, 0.3) is 11.9 Å². The first kappa shape index (κ1) is 36.7. The van der Waals surface area contributed by atoms with E-state index in [1.807, 2.05) is 24.3 Å². The molecular weight excluding hydrogens is 674 g/mol. The zero-order chi connectivity index (χ0) is 36.9. The number of aliphatic hydroxyl groups is 1. The number of carbonyl (C=O) groups excluding carboxylic acids is 1. The predicted octanol–water partition coefficient (Wildman–Crippen LogP) is 5.92. The molecule has 2 aromatic heterocycles. The number of ether oxygens (including phenoxy) is 1. The molecule has 1 saturated heterocycles. The number of benzene rings is 3. The number of piperidine rings is 1. The summed E-state index contributed by atoms with van der Waals surface area (Å²) in [7, 11) is 1.37. The molecule has 1 fully saturated rings. The third-order valence-corrected chi connectivity index (χ3v) is 8.28. The Bertz CT molecular complexity index is 2030. The number of aromatic nitrogens is 4. The number of aliphatic hydroxyl groups excluding tert-OH is 1. The highest BCUT2D eigenvalue weighted by molar-refractivity contribution is 6.06. The normalized spacial score (nSPS) is 14.8. The zero-order valence-corrected chi connectivity index (χ0v) is 27.6. The van der Waals surface area contributed by atoms with Crippen molar-refractivity contribution in [2.75, 3.05) is 31.3 Å². The molecule has 3 heterocycles. The van der Waals surface area contributed by atoms with E-state index < -0.39 is 35.0 Å². The number of hydrogen-bond acceptors (Lipinski definition) is 9. The number of alkyl halides is 3. The van der Waals surface area contributed by atoms with E-state index in [-0.39, 0.29) is 36.0 Å². The van der Waals surface area contributed by atoms with Gasteiger partial charge in [0.2, 0.25) is 0 Å². The second kappa shape index (κ2) is 15.5. The number of aliphatic carboxylic acids is 1. The molecule has 0 spiro atoms. The number of methoxy groups -OCH3 is 1. The van der Waals surface area contributed by atoms with E-state index in [0.717, 1.165) is 56.6 Å². The van der Waals surface area contributed by atoms with Crippen molar-refractivity contribution in [1.29, 1.82) is 0 Å². The molecule has 1 atom stereocenters. The number of nitrogens with zero attached hydrogens (tertiary/aromatic N) is 5. The minimum absolute atomic E-state index is 0.136. The standard InChI is InChI=1S/C33H31F4N7O3.C2H4O2/c1-47-27-14-20(7-12-26(27)41-32(46)24-11-8-21(15-25(24)34)33(35,36)37)29-28-30(38)39-18-40-31(28)44(42-29)22-9-5-19(6-10-22)16-43-13-3-2-4-23(43)17-45;1-2(3)4/h5-12,14-15,18,23,45H,2-4,13,16-17H2,1H3,(H,41,46)(H2,38,39,40);1H3,(H,3,4). The number of carboxylic acids is 1. The van der Waals surface area contributed by atoms with Crippen LogP contribution in [-0.4, -0.2) is 73.0 Å². The number of nitrogen functional groups attached to an aromatic ring is 1. The van der Waals surface area contributed by atoms with Gasteiger partial charge in [0.1, 0.15) is 29.4 Å². The molecule has 16 heteroatoms. The molecule has 0 saturated carbocycles. The number of amides is 1. The molecule has 1 aliphatic rings. The summed E-state index contributed by atoms with van der Waals surface area (Å²) in [6.45, 7) is 2.88. The van der Waals surface area contributed by atoms with Crippen molar-refractivity contribution in [3.8, 4) is 22.7 Å². The molecule has 0 radical (unpaired) electrons. The quantitative estimate of drug-likeness (QED) is 0.142. The Morgan fingerprint density at radius 1 is 1.06 bits per heavy atom. The van der Waals surface area contributed by atoms with Gasteiger partial charge < -0.3 is 26.0 Å². The summed E-state index contributed by atoms with van der Waals surface area (Å²) < 4.78 is 60.4. The lowest BCUT2D eigenvalue weighted by atomic mass is 10.0. The topological polar surface area (TPSA) is 169 Å². The van der Waals surface area contributed by atoms with Crippen molar-refractivity contribution >= 4 is 34.4 Å². The van der Waals surface area contributed by atoms with Gasteiger partial charge in [-0.3, -0.25) is 14.5 Å². The first-order chi connectivity index (χ1) is 24.3. The van der Waals surface area contributed by atoms with Crippen molar-refractivity contribution in [2.45, 2.75) is 44.9 Å². The molecule has 0 bridgehead atoms. The van der Waals surface area contributed by atoms with Gasteiger partial charge in [-0.2, -0.15) is 18.3 Å². The van der Waals surface area contributed by atoms with Gasteiger partial charge in [0.15, 0.2) is 5.65 Å². The van der Waals surface area contributed by atoms with Crippen LogP contribution in [0, 0.1) is 5.82 Å².